The van der Waals surface area contributed by atoms with E-state index in [1.165, 1.54) is 6.07 Å². The van der Waals surface area contributed by atoms with Gasteiger partial charge in [-0.2, -0.15) is 5.10 Å². The Bertz CT molecular complexity index is 494. The molecule has 0 aliphatic rings. The van der Waals surface area contributed by atoms with Crippen LogP contribution in [0.1, 0.15) is 11.1 Å². The van der Waals surface area contributed by atoms with Crippen LogP contribution in [-0.2, 0) is 13.7 Å². The molecule has 2 aromatic rings. The number of halogens is 1. The van der Waals surface area contributed by atoms with E-state index in [-0.39, 0.29) is 5.82 Å². The lowest BCUT2D eigenvalue weighted by Crippen LogP contribution is -1.95. The van der Waals surface area contributed by atoms with Gasteiger partial charge in [-0.3, -0.25) is 4.68 Å². The molecule has 84 valence electrons. The lowest BCUT2D eigenvalue weighted by molar-refractivity contribution is 0.304. The number of benzene rings is 1. The first-order valence-corrected chi connectivity index (χ1v) is 5.01. The summed E-state index contributed by atoms with van der Waals surface area (Å²) in [5.74, 6) is 0.288. The minimum atomic E-state index is -0.247. The van der Waals surface area contributed by atoms with Crippen LogP contribution in [-0.4, -0.2) is 9.78 Å². The van der Waals surface area contributed by atoms with Gasteiger partial charge in [0.05, 0.1) is 6.20 Å². The summed E-state index contributed by atoms with van der Waals surface area (Å²) in [5, 5.41) is 4.02. The van der Waals surface area contributed by atoms with Gasteiger partial charge in [-0.25, -0.2) is 4.39 Å². The van der Waals surface area contributed by atoms with Crippen molar-refractivity contribution in [1.82, 2.24) is 9.78 Å². The van der Waals surface area contributed by atoms with Gasteiger partial charge in [0, 0.05) is 24.9 Å². The maximum atomic E-state index is 13.2. The van der Waals surface area contributed by atoms with Crippen LogP contribution >= 0.6 is 0 Å². The number of hydrogen-bond acceptors (Lipinski definition) is 2. The van der Waals surface area contributed by atoms with E-state index in [2.05, 4.69) is 5.10 Å². The van der Waals surface area contributed by atoms with Crippen LogP contribution in [0.2, 0.25) is 0 Å². The summed E-state index contributed by atoms with van der Waals surface area (Å²) in [6.45, 7) is 2.12. The van der Waals surface area contributed by atoms with Gasteiger partial charge in [0.15, 0.2) is 0 Å². The second-order valence-electron chi connectivity index (χ2n) is 3.72. The molecule has 4 heteroatoms. The first-order chi connectivity index (χ1) is 7.65. The molecule has 1 aromatic carbocycles. The highest BCUT2D eigenvalue weighted by molar-refractivity contribution is 5.28. The van der Waals surface area contributed by atoms with Gasteiger partial charge in [-0.15, -0.1) is 0 Å². The topological polar surface area (TPSA) is 27.1 Å². The highest BCUT2D eigenvalue weighted by Crippen LogP contribution is 2.16. The molecule has 1 heterocycles. The van der Waals surface area contributed by atoms with Crippen LogP contribution in [0, 0.1) is 12.7 Å². The first kappa shape index (κ1) is 10.7. The van der Waals surface area contributed by atoms with Gasteiger partial charge in [-0.1, -0.05) is 6.07 Å². The summed E-state index contributed by atoms with van der Waals surface area (Å²) >= 11 is 0. The van der Waals surface area contributed by atoms with Crippen molar-refractivity contribution in [3.63, 3.8) is 0 Å². The van der Waals surface area contributed by atoms with E-state index < -0.39 is 0 Å². The summed E-state index contributed by atoms with van der Waals surface area (Å²) in [6, 6.07) is 4.86. The van der Waals surface area contributed by atoms with Crippen molar-refractivity contribution in [2.24, 2.45) is 7.05 Å². The quantitative estimate of drug-likeness (QED) is 0.794. The molecule has 0 bridgehead atoms. The van der Waals surface area contributed by atoms with Gasteiger partial charge >= 0.3 is 0 Å². The van der Waals surface area contributed by atoms with Crippen molar-refractivity contribution < 1.29 is 9.13 Å². The molecule has 0 saturated heterocycles. The van der Waals surface area contributed by atoms with E-state index in [4.69, 9.17) is 4.74 Å². The molecule has 0 aliphatic heterocycles. The van der Waals surface area contributed by atoms with Crippen LogP contribution < -0.4 is 4.74 Å². The Morgan fingerprint density at radius 1 is 1.44 bits per heavy atom. The molecule has 3 nitrogen and oxygen atoms in total. The summed E-state index contributed by atoms with van der Waals surface area (Å²) in [7, 11) is 1.84. The van der Waals surface area contributed by atoms with Crippen molar-refractivity contribution in [3.05, 3.63) is 47.5 Å². The van der Waals surface area contributed by atoms with E-state index in [0.717, 1.165) is 5.56 Å². The van der Waals surface area contributed by atoms with E-state index >= 15 is 0 Å². The van der Waals surface area contributed by atoms with E-state index in [9.17, 15) is 4.39 Å². The predicted molar refractivity (Wildman–Crippen MR) is 58.7 cm³/mol. The Morgan fingerprint density at radius 3 is 2.88 bits per heavy atom. The Morgan fingerprint density at radius 2 is 2.25 bits per heavy atom. The first-order valence-electron chi connectivity index (χ1n) is 5.01. The number of hydrogen-bond donors (Lipinski definition) is 0. The molecule has 0 aliphatic carbocycles. The summed E-state index contributed by atoms with van der Waals surface area (Å²) < 4.78 is 20.4. The Balaban J connectivity index is 2.02. The Labute approximate surface area is 93.5 Å². The third-order valence-electron chi connectivity index (χ3n) is 2.31. The molecule has 0 spiro atoms. The third-order valence-corrected chi connectivity index (χ3v) is 2.31. The fourth-order valence-electron chi connectivity index (χ4n) is 1.38. The standard InChI is InChI=1S/C12H13FN2O/c1-9-3-4-11(5-12(9)13)16-8-10-6-14-15(2)7-10/h3-7H,8H2,1-2H3. The molecular formula is C12H13FN2O. The number of aryl methyl sites for hydroxylation is 2. The normalized spacial score (nSPS) is 10.4. The fourth-order valence-corrected chi connectivity index (χ4v) is 1.38. The van der Waals surface area contributed by atoms with Gasteiger partial charge in [0.25, 0.3) is 0 Å². The van der Waals surface area contributed by atoms with Crippen molar-refractivity contribution in [2.75, 3.05) is 0 Å². The maximum Gasteiger partial charge on any atom is 0.129 e. The Hall–Kier alpha value is -1.84. The largest absolute Gasteiger partial charge is 0.489 e. The highest BCUT2D eigenvalue weighted by atomic mass is 19.1. The average molecular weight is 220 g/mol. The smallest absolute Gasteiger partial charge is 0.129 e. The van der Waals surface area contributed by atoms with E-state index in [1.54, 1.807) is 29.9 Å². The van der Waals surface area contributed by atoms with Crippen molar-refractivity contribution in [2.45, 2.75) is 13.5 Å². The predicted octanol–water partition coefficient (Wildman–Crippen LogP) is 2.45. The summed E-state index contributed by atoms with van der Waals surface area (Å²) in [5.41, 5.74) is 1.58. The van der Waals surface area contributed by atoms with Gasteiger partial charge < -0.3 is 4.74 Å². The maximum absolute atomic E-state index is 13.2. The molecule has 0 unspecified atom stereocenters. The number of rotatable bonds is 3. The third kappa shape index (κ3) is 2.39. The van der Waals surface area contributed by atoms with Crippen LogP contribution in [0.4, 0.5) is 4.39 Å². The van der Waals surface area contributed by atoms with Gasteiger partial charge in [0.2, 0.25) is 0 Å². The molecule has 1 aromatic heterocycles. The molecule has 16 heavy (non-hydrogen) atoms. The second-order valence-corrected chi connectivity index (χ2v) is 3.72. The van der Waals surface area contributed by atoms with E-state index in [1.807, 2.05) is 13.2 Å². The molecular weight excluding hydrogens is 207 g/mol. The molecule has 2 rings (SSSR count). The van der Waals surface area contributed by atoms with Gasteiger partial charge in [-0.05, 0) is 18.6 Å². The van der Waals surface area contributed by atoms with E-state index in [0.29, 0.717) is 17.9 Å². The van der Waals surface area contributed by atoms with Crippen LogP contribution in [0.25, 0.3) is 0 Å². The SMILES string of the molecule is Cc1ccc(OCc2cnn(C)c2)cc1F. The number of aromatic nitrogens is 2. The van der Waals surface area contributed by atoms with Crippen LogP contribution in [0.5, 0.6) is 5.75 Å². The van der Waals surface area contributed by atoms with Crippen LogP contribution in [0.15, 0.2) is 30.6 Å². The van der Waals surface area contributed by atoms with Crippen LogP contribution in [0.3, 0.4) is 0 Å². The zero-order chi connectivity index (χ0) is 11.5. The molecule has 0 fully saturated rings. The second kappa shape index (κ2) is 4.35. The zero-order valence-electron chi connectivity index (χ0n) is 9.27. The van der Waals surface area contributed by atoms with Crippen molar-refractivity contribution in [1.29, 1.82) is 0 Å². The fraction of sp³-hybridized carbons (Fsp3) is 0.250. The minimum absolute atomic E-state index is 0.247. The summed E-state index contributed by atoms with van der Waals surface area (Å²) in [6.07, 6.45) is 3.59. The number of nitrogens with zero attached hydrogens (tertiary/aromatic N) is 2. The lowest BCUT2D eigenvalue weighted by atomic mass is 10.2. The monoisotopic (exact) mass is 220 g/mol. The molecule has 0 saturated carbocycles. The molecule has 0 radical (unpaired) electrons. The minimum Gasteiger partial charge on any atom is -0.489 e. The average Bonchev–Trinajstić information content (AvgIpc) is 2.66. The molecule has 0 N–H and O–H groups in total. The van der Waals surface area contributed by atoms with Crippen molar-refractivity contribution in [3.8, 4) is 5.75 Å². The lowest BCUT2D eigenvalue weighted by Gasteiger charge is -2.05. The molecule has 0 atom stereocenters. The van der Waals surface area contributed by atoms with Crippen molar-refractivity contribution >= 4 is 0 Å². The van der Waals surface area contributed by atoms with Gasteiger partial charge in [0.1, 0.15) is 18.2 Å². The molecule has 0 amide bonds. The zero-order valence-corrected chi connectivity index (χ0v) is 9.27. The Kier molecular flexibility index (Phi) is 2.90. The highest BCUT2D eigenvalue weighted by Gasteiger charge is 2.01. The number of ether oxygens (including phenoxy) is 1. The summed E-state index contributed by atoms with van der Waals surface area (Å²) in [4.78, 5) is 0.